The Balaban J connectivity index is 2.05. The van der Waals surface area contributed by atoms with Crippen LogP contribution in [0.5, 0.6) is 11.5 Å². The number of anilines is 1. The van der Waals surface area contributed by atoms with Gasteiger partial charge >= 0.3 is 6.09 Å². The molecular formula is C20H23N3O6. The summed E-state index contributed by atoms with van der Waals surface area (Å²) in [5.41, 5.74) is 6.30. The van der Waals surface area contributed by atoms with Crippen molar-refractivity contribution in [1.29, 1.82) is 0 Å². The number of methoxy groups -OCH3 is 2. The molecule has 0 unspecified atom stereocenters. The summed E-state index contributed by atoms with van der Waals surface area (Å²) in [4.78, 5) is 36.1. The number of nitrogens with two attached hydrogens (primary N) is 1. The average Bonchev–Trinajstić information content (AvgIpc) is 2.72. The van der Waals surface area contributed by atoms with Crippen LogP contribution in [0.25, 0.3) is 0 Å². The Morgan fingerprint density at radius 3 is 2.38 bits per heavy atom. The van der Waals surface area contributed by atoms with E-state index in [0.717, 1.165) is 5.56 Å². The second-order valence-electron chi connectivity index (χ2n) is 5.98. The molecule has 0 saturated heterocycles. The van der Waals surface area contributed by atoms with Crippen LogP contribution in [0, 0.1) is 0 Å². The van der Waals surface area contributed by atoms with Crippen LogP contribution >= 0.6 is 0 Å². The zero-order valence-electron chi connectivity index (χ0n) is 16.1. The van der Waals surface area contributed by atoms with E-state index < -0.39 is 30.4 Å². The summed E-state index contributed by atoms with van der Waals surface area (Å²) in [6, 6.07) is 12.6. The van der Waals surface area contributed by atoms with E-state index in [1.54, 1.807) is 30.3 Å². The van der Waals surface area contributed by atoms with Gasteiger partial charge in [0, 0.05) is 6.07 Å². The van der Waals surface area contributed by atoms with Gasteiger partial charge in [-0.25, -0.2) is 4.79 Å². The van der Waals surface area contributed by atoms with Crippen LogP contribution in [0.2, 0.25) is 0 Å². The number of primary amides is 1. The van der Waals surface area contributed by atoms with Gasteiger partial charge in [-0.1, -0.05) is 30.3 Å². The van der Waals surface area contributed by atoms with Gasteiger partial charge in [0.25, 0.3) is 0 Å². The highest BCUT2D eigenvalue weighted by atomic mass is 16.5. The van der Waals surface area contributed by atoms with E-state index in [1.165, 1.54) is 14.2 Å². The van der Waals surface area contributed by atoms with Crippen molar-refractivity contribution in [2.45, 2.75) is 19.1 Å². The van der Waals surface area contributed by atoms with E-state index in [4.69, 9.17) is 19.9 Å². The average molecular weight is 401 g/mol. The second kappa shape index (κ2) is 10.5. The number of hydrogen-bond donors (Lipinski definition) is 3. The van der Waals surface area contributed by atoms with Crippen molar-refractivity contribution in [1.82, 2.24) is 5.32 Å². The summed E-state index contributed by atoms with van der Waals surface area (Å²) in [7, 11) is 2.92. The number of nitrogens with one attached hydrogen (secondary N) is 2. The molecule has 0 aromatic heterocycles. The predicted molar refractivity (Wildman–Crippen MR) is 106 cm³/mol. The van der Waals surface area contributed by atoms with Crippen molar-refractivity contribution in [2.24, 2.45) is 5.73 Å². The van der Waals surface area contributed by atoms with Crippen molar-refractivity contribution in [3.05, 3.63) is 54.1 Å². The first-order chi connectivity index (χ1) is 13.9. The SMILES string of the molecule is COc1ccc(OC)c(NC(=O)[C@@H](CC(N)=O)NC(=O)OCc2ccccc2)c1. The zero-order chi connectivity index (χ0) is 21.2. The molecule has 154 valence electrons. The van der Waals surface area contributed by atoms with Gasteiger partial charge in [0.05, 0.1) is 26.3 Å². The molecule has 0 aliphatic heterocycles. The van der Waals surface area contributed by atoms with Crippen LogP contribution in [0.3, 0.4) is 0 Å². The van der Waals surface area contributed by atoms with E-state index in [-0.39, 0.29) is 6.61 Å². The standard InChI is InChI=1S/C20H23N3O6/c1-27-14-8-9-17(28-2)15(10-14)22-19(25)16(11-18(21)24)23-20(26)29-12-13-6-4-3-5-7-13/h3-10,16H,11-12H2,1-2H3,(H2,21,24)(H,22,25)(H,23,26)/t16-/m1/s1. The fourth-order valence-electron chi connectivity index (χ4n) is 2.45. The lowest BCUT2D eigenvalue weighted by Crippen LogP contribution is -2.46. The summed E-state index contributed by atoms with van der Waals surface area (Å²) >= 11 is 0. The van der Waals surface area contributed by atoms with Gasteiger partial charge in [-0.15, -0.1) is 0 Å². The lowest BCUT2D eigenvalue weighted by atomic mass is 10.1. The molecule has 1 atom stereocenters. The van der Waals surface area contributed by atoms with Gasteiger partial charge in [-0.3, -0.25) is 9.59 Å². The molecule has 0 bridgehead atoms. The molecule has 0 radical (unpaired) electrons. The monoisotopic (exact) mass is 401 g/mol. The molecule has 0 aliphatic carbocycles. The molecule has 2 aromatic carbocycles. The Morgan fingerprint density at radius 2 is 1.76 bits per heavy atom. The number of benzene rings is 2. The number of carbonyl (C=O) groups excluding carboxylic acids is 3. The molecule has 0 fully saturated rings. The molecule has 9 nitrogen and oxygen atoms in total. The number of alkyl carbamates (subject to hydrolysis) is 1. The molecule has 29 heavy (non-hydrogen) atoms. The first-order valence-electron chi connectivity index (χ1n) is 8.71. The van der Waals surface area contributed by atoms with Crippen LogP contribution in [-0.4, -0.2) is 38.2 Å². The Labute approximate surface area is 168 Å². The second-order valence-corrected chi connectivity index (χ2v) is 5.98. The third-order valence-electron chi connectivity index (χ3n) is 3.89. The van der Waals surface area contributed by atoms with Crippen LogP contribution < -0.4 is 25.8 Å². The van der Waals surface area contributed by atoms with Gasteiger partial charge in [-0.05, 0) is 17.7 Å². The van der Waals surface area contributed by atoms with Gasteiger partial charge < -0.3 is 30.6 Å². The molecule has 9 heteroatoms. The van der Waals surface area contributed by atoms with Crippen LogP contribution in [0.4, 0.5) is 10.5 Å². The van der Waals surface area contributed by atoms with Crippen LogP contribution in [0.1, 0.15) is 12.0 Å². The Hall–Kier alpha value is -3.75. The summed E-state index contributed by atoms with van der Waals surface area (Å²) < 4.78 is 15.4. The minimum absolute atomic E-state index is 0.0152. The molecule has 0 heterocycles. The number of amides is 3. The summed E-state index contributed by atoms with van der Waals surface area (Å²) in [6.45, 7) is 0.0152. The lowest BCUT2D eigenvalue weighted by molar-refractivity contribution is -0.123. The molecule has 3 amide bonds. The number of ether oxygens (including phenoxy) is 3. The maximum absolute atomic E-state index is 12.6. The van der Waals surface area contributed by atoms with Crippen molar-refractivity contribution >= 4 is 23.6 Å². The third kappa shape index (κ3) is 6.73. The minimum atomic E-state index is -1.23. The topological polar surface area (TPSA) is 129 Å². The predicted octanol–water partition coefficient (Wildman–Crippen LogP) is 1.81. The van der Waals surface area contributed by atoms with Crippen LogP contribution in [0.15, 0.2) is 48.5 Å². The highest BCUT2D eigenvalue weighted by Crippen LogP contribution is 2.29. The van der Waals surface area contributed by atoms with Crippen molar-refractivity contribution in [2.75, 3.05) is 19.5 Å². The Bertz CT molecular complexity index is 857. The normalized spacial score (nSPS) is 11.1. The molecule has 4 N–H and O–H groups in total. The zero-order valence-corrected chi connectivity index (χ0v) is 16.1. The van der Waals surface area contributed by atoms with Crippen molar-refractivity contribution in [3.8, 4) is 11.5 Å². The lowest BCUT2D eigenvalue weighted by Gasteiger charge is -2.18. The molecule has 2 aromatic rings. The maximum Gasteiger partial charge on any atom is 0.408 e. The smallest absolute Gasteiger partial charge is 0.408 e. The number of rotatable bonds is 9. The van der Waals surface area contributed by atoms with E-state index in [0.29, 0.717) is 17.2 Å². The summed E-state index contributed by atoms with van der Waals surface area (Å²) in [6.07, 6.45) is -1.26. The largest absolute Gasteiger partial charge is 0.497 e. The summed E-state index contributed by atoms with van der Waals surface area (Å²) in [5.74, 6) is -0.551. The Kier molecular flexibility index (Phi) is 7.84. The fourth-order valence-corrected chi connectivity index (χ4v) is 2.45. The Morgan fingerprint density at radius 1 is 1.03 bits per heavy atom. The van der Waals surface area contributed by atoms with Gasteiger partial charge in [0.15, 0.2) is 0 Å². The highest BCUT2D eigenvalue weighted by molar-refractivity contribution is 6.00. The first-order valence-corrected chi connectivity index (χ1v) is 8.71. The third-order valence-corrected chi connectivity index (χ3v) is 3.89. The maximum atomic E-state index is 12.6. The number of carbonyl (C=O) groups is 3. The van der Waals surface area contributed by atoms with Gasteiger partial charge in [0.2, 0.25) is 11.8 Å². The van der Waals surface area contributed by atoms with Crippen LogP contribution in [-0.2, 0) is 20.9 Å². The van der Waals surface area contributed by atoms with E-state index in [9.17, 15) is 14.4 Å². The molecule has 0 saturated carbocycles. The molecule has 2 rings (SSSR count). The highest BCUT2D eigenvalue weighted by Gasteiger charge is 2.25. The summed E-state index contributed by atoms with van der Waals surface area (Å²) in [5, 5.41) is 4.96. The molecule has 0 aliphatic rings. The fraction of sp³-hybridized carbons (Fsp3) is 0.250. The van der Waals surface area contributed by atoms with E-state index in [1.807, 2.05) is 18.2 Å². The quantitative estimate of drug-likeness (QED) is 0.588. The molecule has 0 spiro atoms. The molecular weight excluding hydrogens is 378 g/mol. The van der Waals surface area contributed by atoms with E-state index >= 15 is 0 Å². The van der Waals surface area contributed by atoms with Gasteiger partial charge in [0.1, 0.15) is 24.1 Å². The van der Waals surface area contributed by atoms with Crippen molar-refractivity contribution < 1.29 is 28.6 Å². The van der Waals surface area contributed by atoms with Gasteiger partial charge in [-0.2, -0.15) is 0 Å². The number of hydrogen-bond acceptors (Lipinski definition) is 6. The van der Waals surface area contributed by atoms with E-state index in [2.05, 4.69) is 10.6 Å². The first kappa shape index (κ1) is 21.5. The van der Waals surface area contributed by atoms with Crippen molar-refractivity contribution in [3.63, 3.8) is 0 Å². The minimum Gasteiger partial charge on any atom is -0.497 e.